The van der Waals surface area contributed by atoms with E-state index in [2.05, 4.69) is 6.92 Å². The van der Waals surface area contributed by atoms with Gasteiger partial charge in [0, 0.05) is 10.6 Å². The van der Waals surface area contributed by atoms with Gasteiger partial charge in [0.25, 0.3) is 0 Å². The topological polar surface area (TPSA) is 29.5 Å². The Morgan fingerprint density at radius 2 is 2.12 bits per heavy atom. The van der Waals surface area contributed by atoms with Gasteiger partial charge in [0.15, 0.2) is 0 Å². The molecule has 0 bridgehead atoms. The van der Waals surface area contributed by atoms with E-state index in [0.717, 1.165) is 40.3 Å². The van der Waals surface area contributed by atoms with Crippen LogP contribution in [-0.2, 0) is 0 Å². The number of aliphatic hydroxyl groups is 1. The lowest BCUT2D eigenvalue weighted by atomic mass is 9.97. The van der Waals surface area contributed by atoms with E-state index in [1.54, 1.807) is 0 Å². The molecule has 88 valence electrons. The molecule has 1 aromatic rings. The average molecular weight is 241 g/mol. The zero-order valence-electron chi connectivity index (χ0n) is 9.88. The van der Waals surface area contributed by atoms with E-state index in [0.29, 0.717) is 0 Å². The predicted octanol–water partition coefficient (Wildman–Crippen LogP) is 3.55. The summed E-state index contributed by atoms with van der Waals surface area (Å²) in [4.78, 5) is 0. The molecule has 2 nitrogen and oxygen atoms in total. The summed E-state index contributed by atoms with van der Waals surface area (Å²) in [5.74, 6) is 0.797. The van der Waals surface area contributed by atoms with E-state index in [4.69, 9.17) is 16.3 Å². The number of aliphatic hydroxyl groups excluding tert-OH is 1. The van der Waals surface area contributed by atoms with Crippen molar-refractivity contribution in [2.45, 2.75) is 45.8 Å². The van der Waals surface area contributed by atoms with Crippen molar-refractivity contribution in [2.24, 2.45) is 0 Å². The fourth-order valence-electron chi connectivity index (χ4n) is 2.32. The summed E-state index contributed by atoms with van der Waals surface area (Å²) < 4.78 is 5.77. The molecule has 2 unspecified atom stereocenters. The number of benzene rings is 1. The number of rotatable bonds is 2. The molecule has 1 aromatic carbocycles. The van der Waals surface area contributed by atoms with Crippen LogP contribution < -0.4 is 4.74 Å². The number of ether oxygens (including phenoxy) is 1. The second-order valence-electron chi connectivity index (χ2n) is 4.43. The van der Waals surface area contributed by atoms with Crippen molar-refractivity contribution in [1.82, 2.24) is 0 Å². The van der Waals surface area contributed by atoms with Crippen LogP contribution in [0, 0.1) is 13.8 Å². The van der Waals surface area contributed by atoms with Gasteiger partial charge in [-0.25, -0.2) is 0 Å². The summed E-state index contributed by atoms with van der Waals surface area (Å²) in [5, 5.41) is 10.9. The highest BCUT2D eigenvalue weighted by Crippen LogP contribution is 2.43. The van der Waals surface area contributed by atoms with Crippen LogP contribution in [0.4, 0.5) is 0 Å². The first-order valence-corrected chi connectivity index (χ1v) is 6.08. The third-order valence-corrected chi connectivity index (χ3v) is 3.77. The molecule has 0 saturated carbocycles. The second-order valence-corrected chi connectivity index (χ2v) is 4.81. The van der Waals surface area contributed by atoms with Crippen LogP contribution in [0.25, 0.3) is 0 Å². The van der Waals surface area contributed by atoms with Gasteiger partial charge in [0.05, 0.1) is 0 Å². The SMILES string of the molecule is CCCC1Oc2cc(C)c(Cl)c(C)c2C1O. The summed E-state index contributed by atoms with van der Waals surface area (Å²) in [5.41, 5.74) is 2.82. The first kappa shape index (κ1) is 11.7. The van der Waals surface area contributed by atoms with Gasteiger partial charge in [0.2, 0.25) is 0 Å². The molecular formula is C13H17ClO2. The maximum Gasteiger partial charge on any atom is 0.129 e. The van der Waals surface area contributed by atoms with Crippen molar-refractivity contribution in [3.05, 3.63) is 27.8 Å². The highest BCUT2D eigenvalue weighted by molar-refractivity contribution is 6.32. The molecule has 3 heteroatoms. The first-order chi connectivity index (χ1) is 7.56. The monoisotopic (exact) mass is 240 g/mol. The Balaban J connectivity index is 2.44. The van der Waals surface area contributed by atoms with Crippen molar-refractivity contribution < 1.29 is 9.84 Å². The zero-order chi connectivity index (χ0) is 11.9. The minimum atomic E-state index is -0.534. The minimum Gasteiger partial charge on any atom is -0.487 e. The average Bonchev–Trinajstić information content (AvgIpc) is 2.53. The van der Waals surface area contributed by atoms with Crippen molar-refractivity contribution in [3.8, 4) is 5.75 Å². The van der Waals surface area contributed by atoms with Crippen LogP contribution >= 0.6 is 11.6 Å². The number of halogens is 1. The molecule has 1 aliphatic rings. The van der Waals surface area contributed by atoms with Crippen molar-refractivity contribution in [3.63, 3.8) is 0 Å². The van der Waals surface area contributed by atoms with Gasteiger partial charge in [-0.2, -0.15) is 0 Å². The van der Waals surface area contributed by atoms with Gasteiger partial charge in [-0.3, -0.25) is 0 Å². The molecule has 2 rings (SSSR count). The lowest BCUT2D eigenvalue weighted by Gasteiger charge is -2.13. The molecule has 1 aliphatic heterocycles. The van der Waals surface area contributed by atoms with Crippen LogP contribution in [0.15, 0.2) is 6.07 Å². The Kier molecular flexibility index (Phi) is 3.13. The third kappa shape index (κ3) is 1.70. The Labute approximate surface area is 101 Å². The van der Waals surface area contributed by atoms with Gasteiger partial charge in [-0.15, -0.1) is 0 Å². The maximum absolute atomic E-state index is 10.2. The summed E-state index contributed by atoms with van der Waals surface area (Å²) in [6.07, 6.45) is 1.22. The van der Waals surface area contributed by atoms with Crippen LogP contribution in [-0.4, -0.2) is 11.2 Å². The molecule has 0 saturated heterocycles. The highest BCUT2D eigenvalue weighted by Gasteiger charge is 2.34. The quantitative estimate of drug-likeness (QED) is 0.857. The lowest BCUT2D eigenvalue weighted by Crippen LogP contribution is -2.18. The number of fused-ring (bicyclic) bond motifs is 1. The highest BCUT2D eigenvalue weighted by atomic mass is 35.5. The van der Waals surface area contributed by atoms with E-state index in [1.807, 2.05) is 19.9 Å². The fraction of sp³-hybridized carbons (Fsp3) is 0.538. The molecular weight excluding hydrogens is 224 g/mol. The third-order valence-electron chi connectivity index (χ3n) is 3.19. The summed E-state index contributed by atoms with van der Waals surface area (Å²) in [6, 6.07) is 1.92. The molecule has 0 spiro atoms. The second kappa shape index (κ2) is 4.27. The van der Waals surface area contributed by atoms with Gasteiger partial charge >= 0.3 is 0 Å². The Morgan fingerprint density at radius 1 is 1.44 bits per heavy atom. The Hall–Kier alpha value is -0.730. The van der Waals surface area contributed by atoms with Gasteiger partial charge in [0.1, 0.15) is 18.0 Å². The van der Waals surface area contributed by atoms with Crippen LogP contribution in [0.2, 0.25) is 5.02 Å². The molecule has 0 amide bonds. The fourth-order valence-corrected chi connectivity index (χ4v) is 2.47. The van der Waals surface area contributed by atoms with Crippen molar-refractivity contribution >= 4 is 11.6 Å². The van der Waals surface area contributed by atoms with Crippen LogP contribution in [0.3, 0.4) is 0 Å². The molecule has 0 fully saturated rings. The van der Waals surface area contributed by atoms with E-state index >= 15 is 0 Å². The van der Waals surface area contributed by atoms with Crippen molar-refractivity contribution in [1.29, 1.82) is 0 Å². The molecule has 2 atom stereocenters. The maximum atomic E-state index is 10.2. The standard InChI is InChI=1S/C13H17ClO2/c1-4-5-9-13(15)11-8(3)12(14)7(2)6-10(11)16-9/h6,9,13,15H,4-5H2,1-3H3. The number of aryl methyl sites for hydroxylation is 1. The van der Waals surface area contributed by atoms with Crippen LogP contribution in [0.5, 0.6) is 5.75 Å². The molecule has 16 heavy (non-hydrogen) atoms. The summed E-state index contributed by atoms with van der Waals surface area (Å²) >= 11 is 6.18. The summed E-state index contributed by atoms with van der Waals surface area (Å²) in [7, 11) is 0. The largest absolute Gasteiger partial charge is 0.487 e. The predicted molar refractivity (Wildman–Crippen MR) is 65.2 cm³/mol. The zero-order valence-corrected chi connectivity index (χ0v) is 10.6. The molecule has 0 aromatic heterocycles. The smallest absolute Gasteiger partial charge is 0.129 e. The minimum absolute atomic E-state index is 0.114. The van der Waals surface area contributed by atoms with Gasteiger partial charge in [-0.05, 0) is 37.5 Å². The lowest BCUT2D eigenvalue weighted by molar-refractivity contribution is 0.0614. The van der Waals surface area contributed by atoms with Gasteiger partial charge in [-0.1, -0.05) is 24.9 Å². The van der Waals surface area contributed by atoms with E-state index < -0.39 is 6.10 Å². The first-order valence-electron chi connectivity index (χ1n) is 5.70. The summed E-state index contributed by atoms with van der Waals surface area (Å²) in [6.45, 7) is 5.98. The van der Waals surface area contributed by atoms with Gasteiger partial charge < -0.3 is 9.84 Å². The van der Waals surface area contributed by atoms with Crippen LogP contribution in [0.1, 0.15) is 42.6 Å². The van der Waals surface area contributed by atoms with E-state index in [1.165, 1.54) is 0 Å². The molecule has 0 aliphatic carbocycles. The number of hydrogen-bond donors (Lipinski definition) is 1. The Morgan fingerprint density at radius 3 is 2.75 bits per heavy atom. The Bertz CT molecular complexity index is 415. The van der Waals surface area contributed by atoms with Crippen molar-refractivity contribution in [2.75, 3.05) is 0 Å². The normalized spacial score (nSPS) is 23.1. The van der Waals surface area contributed by atoms with E-state index in [-0.39, 0.29) is 6.10 Å². The number of hydrogen-bond acceptors (Lipinski definition) is 2. The van der Waals surface area contributed by atoms with E-state index in [9.17, 15) is 5.11 Å². The molecule has 0 radical (unpaired) electrons. The molecule has 1 heterocycles. The molecule has 1 N–H and O–H groups in total.